The van der Waals surface area contributed by atoms with E-state index in [1.807, 2.05) is 54.6 Å². The van der Waals surface area contributed by atoms with E-state index >= 15 is 0 Å². The molecule has 3 rings (SSSR count). The van der Waals surface area contributed by atoms with Gasteiger partial charge in [0.2, 0.25) is 5.91 Å². The van der Waals surface area contributed by atoms with Gasteiger partial charge in [0.25, 0.3) is 0 Å². The maximum absolute atomic E-state index is 12.4. The molecule has 0 saturated carbocycles. The van der Waals surface area contributed by atoms with E-state index < -0.39 is 0 Å². The Morgan fingerprint density at radius 1 is 1.18 bits per heavy atom. The van der Waals surface area contributed by atoms with E-state index in [9.17, 15) is 9.59 Å². The van der Waals surface area contributed by atoms with E-state index in [1.165, 1.54) is 0 Å². The first-order valence-electron chi connectivity index (χ1n) is 9.50. The Morgan fingerprint density at radius 3 is 2.61 bits per heavy atom. The number of carbonyl (C=O) groups is 2. The van der Waals surface area contributed by atoms with Crippen molar-refractivity contribution in [3.05, 3.63) is 65.7 Å². The van der Waals surface area contributed by atoms with Gasteiger partial charge in [-0.15, -0.1) is 0 Å². The summed E-state index contributed by atoms with van der Waals surface area (Å²) in [7, 11) is 3.56. The van der Waals surface area contributed by atoms with E-state index in [0.717, 1.165) is 16.9 Å². The molecule has 148 valence electrons. The smallest absolute Gasteiger partial charge is 0.317 e. The second kappa shape index (κ2) is 9.26. The number of carbonyl (C=O) groups excluding carboxylic acids is 2. The molecule has 1 heterocycles. The van der Waals surface area contributed by atoms with Crippen LogP contribution in [0.4, 0.5) is 4.79 Å². The first-order valence-corrected chi connectivity index (χ1v) is 9.50. The Balaban J connectivity index is 1.51. The summed E-state index contributed by atoms with van der Waals surface area (Å²) in [5, 5.41) is 2.94. The quantitative estimate of drug-likeness (QED) is 0.802. The van der Waals surface area contributed by atoms with Crippen molar-refractivity contribution in [1.29, 1.82) is 0 Å². The molecule has 0 bridgehead atoms. The third-order valence-electron chi connectivity index (χ3n) is 4.94. The third kappa shape index (κ3) is 5.25. The molecule has 0 radical (unpaired) electrons. The highest BCUT2D eigenvalue weighted by molar-refractivity contribution is 5.78. The summed E-state index contributed by atoms with van der Waals surface area (Å²) in [6.07, 6.45) is 0.504. The van der Waals surface area contributed by atoms with Crippen molar-refractivity contribution in [3.63, 3.8) is 0 Å². The normalized spacial score (nSPS) is 16.1. The number of nitrogens with one attached hydrogen (secondary N) is 1. The highest BCUT2D eigenvalue weighted by Gasteiger charge is 2.28. The van der Waals surface area contributed by atoms with E-state index in [2.05, 4.69) is 5.32 Å². The molecule has 1 aliphatic heterocycles. The fraction of sp³-hybridized carbons (Fsp3) is 0.364. The van der Waals surface area contributed by atoms with Crippen LogP contribution < -0.4 is 10.1 Å². The van der Waals surface area contributed by atoms with Crippen molar-refractivity contribution in [1.82, 2.24) is 15.1 Å². The molecular weight excluding hydrogens is 354 g/mol. The highest BCUT2D eigenvalue weighted by Crippen LogP contribution is 2.20. The number of rotatable bonds is 7. The largest absolute Gasteiger partial charge is 0.489 e. The van der Waals surface area contributed by atoms with Gasteiger partial charge in [-0.05, 0) is 11.6 Å². The Labute approximate surface area is 166 Å². The summed E-state index contributed by atoms with van der Waals surface area (Å²) in [5.74, 6) is 1.09. The molecule has 28 heavy (non-hydrogen) atoms. The first-order chi connectivity index (χ1) is 13.5. The number of hydrogen-bond acceptors (Lipinski definition) is 3. The molecule has 0 spiro atoms. The molecule has 6 nitrogen and oxygen atoms in total. The fourth-order valence-electron chi connectivity index (χ4n) is 3.38. The second-order valence-electron chi connectivity index (χ2n) is 7.27. The fourth-order valence-corrected chi connectivity index (χ4v) is 3.38. The molecule has 2 aromatic carbocycles. The zero-order valence-electron chi connectivity index (χ0n) is 16.4. The summed E-state index contributed by atoms with van der Waals surface area (Å²) in [6.45, 7) is 2.13. The van der Waals surface area contributed by atoms with Crippen LogP contribution in [0.3, 0.4) is 0 Å². The third-order valence-corrected chi connectivity index (χ3v) is 4.94. The average molecular weight is 381 g/mol. The maximum Gasteiger partial charge on any atom is 0.317 e. The standard InChI is InChI=1S/C22H27N3O3/c1-24-14-18(12-21(24)26)15-25(2)22(27)23-13-19-10-6-7-11-20(19)28-16-17-8-4-3-5-9-17/h3-11,18H,12-16H2,1-2H3,(H,23,27)/t18-/m0/s1. The van der Waals surface area contributed by atoms with Crippen LogP contribution >= 0.6 is 0 Å². The molecule has 3 amide bonds. The summed E-state index contributed by atoms with van der Waals surface area (Å²) in [6, 6.07) is 17.5. The van der Waals surface area contributed by atoms with Crippen LogP contribution in [0.25, 0.3) is 0 Å². The number of para-hydroxylation sites is 1. The number of hydrogen-bond donors (Lipinski definition) is 1. The minimum absolute atomic E-state index is 0.142. The molecule has 0 aromatic heterocycles. The number of amides is 3. The lowest BCUT2D eigenvalue weighted by Crippen LogP contribution is -2.40. The molecule has 1 atom stereocenters. The van der Waals surface area contributed by atoms with Gasteiger partial charge in [0.1, 0.15) is 12.4 Å². The van der Waals surface area contributed by atoms with E-state index in [-0.39, 0.29) is 17.9 Å². The number of likely N-dealkylation sites (tertiary alicyclic amines) is 1. The summed E-state index contributed by atoms with van der Waals surface area (Å²) in [5.41, 5.74) is 2.02. The van der Waals surface area contributed by atoms with Crippen LogP contribution in [0, 0.1) is 5.92 Å². The predicted octanol–water partition coefficient (Wildman–Crippen LogP) is 2.89. The van der Waals surface area contributed by atoms with Gasteiger partial charge in [0.15, 0.2) is 0 Å². The van der Waals surface area contributed by atoms with Gasteiger partial charge < -0.3 is 19.9 Å². The SMILES string of the molecule is CN1C[C@@H](CN(C)C(=O)NCc2ccccc2OCc2ccccc2)CC1=O. The van der Waals surface area contributed by atoms with Crippen molar-refractivity contribution < 1.29 is 14.3 Å². The van der Waals surface area contributed by atoms with Gasteiger partial charge in [-0.1, -0.05) is 48.5 Å². The summed E-state index contributed by atoms with van der Waals surface area (Å²) in [4.78, 5) is 27.4. The van der Waals surface area contributed by atoms with Crippen LogP contribution in [0.2, 0.25) is 0 Å². The topological polar surface area (TPSA) is 61.9 Å². The Morgan fingerprint density at radius 2 is 1.89 bits per heavy atom. The van der Waals surface area contributed by atoms with Crippen LogP contribution in [0.5, 0.6) is 5.75 Å². The van der Waals surface area contributed by atoms with E-state index in [1.54, 1.807) is 23.9 Å². The van der Waals surface area contributed by atoms with Crippen LogP contribution in [0.15, 0.2) is 54.6 Å². The van der Waals surface area contributed by atoms with Gasteiger partial charge in [-0.25, -0.2) is 4.79 Å². The minimum Gasteiger partial charge on any atom is -0.489 e. The minimum atomic E-state index is -0.153. The molecule has 6 heteroatoms. The molecule has 0 unspecified atom stereocenters. The van der Waals surface area contributed by atoms with E-state index in [0.29, 0.717) is 32.7 Å². The number of ether oxygens (including phenoxy) is 1. The maximum atomic E-state index is 12.4. The van der Waals surface area contributed by atoms with Crippen LogP contribution in [0.1, 0.15) is 17.5 Å². The summed E-state index contributed by atoms with van der Waals surface area (Å²) < 4.78 is 5.94. The molecule has 2 aromatic rings. The van der Waals surface area contributed by atoms with Gasteiger partial charge in [-0.2, -0.15) is 0 Å². The lowest BCUT2D eigenvalue weighted by Gasteiger charge is -2.21. The molecule has 0 aliphatic carbocycles. The van der Waals surface area contributed by atoms with Crippen molar-refractivity contribution in [2.45, 2.75) is 19.6 Å². The van der Waals surface area contributed by atoms with E-state index in [4.69, 9.17) is 4.74 Å². The number of benzene rings is 2. The summed E-state index contributed by atoms with van der Waals surface area (Å²) >= 11 is 0. The highest BCUT2D eigenvalue weighted by atomic mass is 16.5. The van der Waals surface area contributed by atoms with Crippen molar-refractivity contribution in [3.8, 4) is 5.75 Å². The van der Waals surface area contributed by atoms with Crippen LogP contribution in [-0.4, -0.2) is 48.9 Å². The van der Waals surface area contributed by atoms with Gasteiger partial charge in [-0.3, -0.25) is 4.79 Å². The lowest BCUT2D eigenvalue weighted by molar-refractivity contribution is -0.126. The molecular formula is C22H27N3O3. The zero-order valence-corrected chi connectivity index (χ0v) is 16.4. The molecule has 1 aliphatic rings. The average Bonchev–Trinajstić information content (AvgIpc) is 3.02. The first kappa shape index (κ1) is 19.7. The lowest BCUT2D eigenvalue weighted by atomic mass is 10.1. The molecule has 1 fully saturated rings. The number of urea groups is 1. The van der Waals surface area contributed by atoms with Crippen molar-refractivity contribution in [2.75, 3.05) is 27.2 Å². The second-order valence-corrected chi connectivity index (χ2v) is 7.27. The molecule has 1 saturated heterocycles. The predicted molar refractivity (Wildman–Crippen MR) is 108 cm³/mol. The van der Waals surface area contributed by atoms with Gasteiger partial charge >= 0.3 is 6.03 Å². The molecule has 1 N–H and O–H groups in total. The van der Waals surface area contributed by atoms with Gasteiger partial charge in [0.05, 0.1) is 0 Å². The monoisotopic (exact) mass is 381 g/mol. The van der Waals surface area contributed by atoms with Crippen molar-refractivity contribution >= 4 is 11.9 Å². The van der Waals surface area contributed by atoms with Crippen LogP contribution in [-0.2, 0) is 17.9 Å². The van der Waals surface area contributed by atoms with Crippen molar-refractivity contribution in [2.24, 2.45) is 5.92 Å². The Bertz CT molecular complexity index is 810. The Hall–Kier alpha value is -3.02. The zero-order chi connectivity index (χ0) is 19.9. The van der Waals surface area contributed by atoms with Gasteiger partial charge in [0, 0.05) is 51.6 Å². The Kier molecular flexibility index (Phi) is 6.53. The number of nitrogens with zero attached hydrogens (tertiary/aromatic N) is 2.